The first kappa shape index (κ1) is 20.2. The van der Waals surface area contributed by atoms with Gasteiger partial charge in [0.15, 0.2) is 6.54 Å². The summed E-state index contributed by atoms with van der Waals surface area (Å²) in [5, 5.41) is 3.55. The number of likely N-dealkylation sites (N-methyl/N-ethyl adjacent to an activating group) is 1. The minimum absolute atomic E-state index is 0.0135. The van der Waals surface area contributed by atoms with Crippen molar-refractivity contribution < 1.29 is 19.2 Å². The highest BCUT2D eigenvalue weighted by Crippen LogP contribution is 2.31. The van der Waals surface area contributed by atoms with Gasteiger partial charge in [0.25, 0.3) is 5.91 Å². The van der Waals surface area contributed by atoms with Crippen molar-refractivity contribution in [3.8, 4) is 5.75 Å². The summed E-state index contributed by atoms with van der Waals surface area (Å²) in [7, 11) is 1.96. The number of benzene rings is 2. The number of hydrogen-bond acceptors (Lipinski definition) is 3. The fourth-order valence-electron chi connectivity index (χ4n) is 3.27. The largest absolute Gasteiger partial charge is 0.488 e. The number of fused-ring (bicyclic) bond motifs is 1. The van der Waals surface area contributed by atoms with Crippen LogP contribution in [-0.4, -0.2) is 44.6 Å². The third kappa shape index (κ3) is 5.03. The molecule has 0 aromatic heterocycles. The zero-order valence-corrected chi connectivity index (χ0v) is 16.8. The average Bonchev–Trinajstić information content (AvgIpc) is 2.77. The molecule has 3 rings (SSSR count). The Balaban J connectivity index is 1.59. The van der Waals surface area contributed by atoms with E-state index in [0.29, 0.717) is 30.4 Å². The number of para-hydroxylation sites is 2. The molecule has 0 radical (unpaired) electrons. The van der Waals surface area contributed by atoms with Gasteiger partial charge < -0.3 is 19.9 Å². The molecule has 6 nitrogen and oxygen atoms in total. The molecule has 7 heteroatoms. The fraction of sp³-hybridized carbons (Fsp3) is 0.333. The second-order valence-corrected chi connectivity index (χ2v) is 7.50. The summed E-state index contributed by atoms with van der Waals surface area (Å²) in [6.45, 7) is 3.39. The molecule has 2 atom stereocenters. The predicted octanol–water partition coefficient (Wildman–Crippen LogP) is 2.00. The molecule has 0 aliphatic carbocycles. The molecule has 2 aromatic carbocycles. The van der Waals surface area contributed by atoms with Crippen LogP contribution in [0.25, 0.3) is 0 Å². The fourth-order valence-corrected chi connectivity index (χ4v) is 3.40. The maximum atomic E-state index is 13.0. The van der Waals surface area contributed by atoms with Crippen molar-refractivity contribution in [1.29, 1.82) is 0 Å². The first-order chi connectivity index (χ1) is 13.4. The second kappa shape index (κ2) is 9.08. The highest BCUT2D eigenvalue weighted by Gasteiger charge is 2.30. The van der Waals surface area contributed by atoms with Crippen LogP contribution in [0, 0.1) is 0 Å². The van der Waals surface area contributed by atoms with E-state index in [1.165, 1.54) is 0 Å². The normalized spacial score (nSPS) is 17.3. The monoisotopic (exact) mass is 402 g/mol. The molecule has 1 heterocycles. The van der Waals surface area contributed by atoms with Gasteiger partial charge in [-0.05, 0) is 43.3 Å². The predicted molar refractivity (Wildman–Crippen MR) is 110 cm³/mol. The Kier molecular flexibility index (Phi) is 6.54. The van der Waals surface area contributed by atoms with Gasteiger partial charge in [-0.1, -0.05) is 23.7 Å². The third-order valence-electron chi connectivity index (χ3n) is 4.69. The molecular weight excluding hydrogens is 378 g/mol. The quantitative estimate of drug-likeness (QED) is 0.776. The molecule has 0 spiro atoms. The third-order valence-corrected chi connectivity index (χ3v) is 4.94. The van der Waals surface area contributed by atoms with E-state index >= 15 is 0 Å². The summed E-state index contributed by atoms with van der Waals surface area (Å²) in [4.78, 5) is 27.9. The number of nitrogens with one attached hydrogen (secondary N) is 2. The van der Waals surface area contributed by atoms with Crippen molar-refractivity contribution in [2.24, 2.45) is 0 Å². The van der Waals surface area contributed by atoms with Crippen LogP contribution in [0.5, 0.6) is 5.75 Å². The van der Waals surface area contributed by atoms with Crippen LogP contribution in [0.4, 0.5) is 11.4 Å². The summed E-state index contributed by atoms with van der Waals surface area (Å²) in [5.74, 6) is 0.663. The van der Waals surface area contributed by atoms with Crippen molar-refractivity contribution in [3.05, 3.63) is 53.6 Å². The summed E-state index contributed by atoms with van der Waals surface area (Å²) < 4.78 is 5.71. The molecule has 0 saturated heterocycles. The van der Waals surface area contributed by atoms with Crippen LogP contribution < -0.4 is 19.9 Å². The summed E-state index contributed by atoms with van der Waals surface area (Å²) in [6, 6.07) is 14.4. The first-order valence-electron chi connectivity index (χ1n) is 9.34. The van der Waals surface area contributed by atoms with Gasteiger partial charge in [0.05, 0.1) is 18.4 Å². The molecular formula is C21H25ClN3O3+. The Labute approximate surface area is 170 Å². The smallest absolute Gasteiger partial charge is 0.282 e. The Morgan fingerprint density at radius 3 is 2.71 bits per heavy atom. The second-order valence-electron chi connectivity index (χ2n) is 7.07. The lowest BCUT2D eigenvalue weighted by atomic mass is 10.1. The van der Waals surface area contributed by atoms with Gasteiger partial charge in [-0.15, -0.1) is 0 Å². The lowest BCUT2D eigenvalue weighted by Crippen LogP contribution is -3.10. The zero-order chi connectivity index (χ0) is 20.1. The summed E-state index contributed by atoms with van der Waals surface area (Å²) in [6.07, 6.45) is 0.277. The number of carbonyl (C=O) groups excluding carboxylic acids is 2. The van der Waals surface area contributed by atoms with Crippen LogP contribution in [0.15, 0.2) is 48.5 Å². The van der Waals surface area contributed by atoms with Crippen molar-refractivity contribution in [1.82, 2.24) is 0 Å². The van der Waals surface area contributed by atoms with Crippen molar-refractivity contribution in [2.45, 2.75) is 19.4 Å². The lowest BCUT2D eigenvalue weighted by molar-refractivity contribution is -0.871. The van der Waals surface area contributed by atoms with E-state index in [2.05, 4.69) is 5.32 Å². The SMILES string of the molecule is C[C@H]1CC(=O)Nc2ccccc2N1C(=O)C[NH+](C)CCOc1ccc(Cl)cc1. The molecule has 0 bridgehead atoms. The van der Waals surface area contributed by atoms with Crippen molar-refractivity contribution in [3.63, 3.8) is 0 Å². The summed E-state index contributed by atoms with van der Waals surface area (Å²) in [5.41, 5.74) is 1.42. The Morgan fingerprint density at radius 2 is 1.96 bits per heavy atom. The van der Waals surface area contributed by atoms with Gasteiger partial charge >= 0.3 is 0 Å². The van der Waals surface area contributed by atoms with Gasteiger partial charge in [0.2, 0.25) is 5.91 Å². The van der Waals surface area contributed by atoms with Crippen LogP contribution in [-0.2, 0) is 9.59 Å². The molecule has 2 N–H and O–H groups in total. The van der Waals surface area contributed by atoms with Crippen LogP contribution in [0.3, 0.4) is 0 Å². The standard InChI is InChI=1S/C21H24ClN3O3/c1-15-13-20(26)23-18-5-3-4-6-19(18)25(15)21(27)14-24(2)11-12-28-17-9-7-16(22)8-10-17/h3-10,15H,11-14H2,1-2H3,(H,23,26)/p+1/t15-/m0/s1. The number of amides is 2. The van der Waals surface area contributed by atoms with Gasteiger partial charge in [-0.3, -0.25) is 9.59 Å². The van der Waals surface area contributed by atoms with Gasteiger partial charge in [0.1, 0.15) is 18.9 Å². The van der Waals surface area contributed by atoms with Gasteiger partial charge in [0, 0.05) is 17.5 Å². The maximum absolute atomic E-state index is 13.0. The number of halogens is 1. The van der Waals surface area contributed by atoms with Crippen molar-refractivity contribution >= 4 is 34.8 Å². The van der Waals surface area contributed by atoms with E-state index in [-0.39, 0.29) is 24.3 Å². The molecule has 2 amide bonds. The van der Waals surface area contributed by atoms with E-state index in [0.717, 1.165) is 16.3 Å². The highest BCUT2D eigenvalue weighted by atomic mass is 35.5. The Bertz CT molecular complexity index is 841. The van der Waals surface area contributed by atoms with E-state index in [4.69, 9.17) is 16.3 Å². The lowest BCUT2D eigenvalue weighted by Gasteiger charge is -2.28. The molecule has 0 fully saturated rings. The van der Waals surface area contributed by atoms with Crippen molar-refractivity contribution in [2.75, 3.05) is 37.0 Å². The molecule has 148 valence electrons. The number of anilines is 2. The topological polar surface area (TPSA) is 63.1 Å². The highest BCUT2D eigenvalue weighted by molar-refractivity contribution is 6.30. The van der Waals surface area contributed by atoms with E-state index in [1.54, 1.807) is 17.0 Å². The molecule has 1 aliphatic heterocycles. The number of carbonyl (C=O) groups is 2. The van der Waals surface area contributed by atoms with Crippen LogP contribution >= 0.6 is 11.6 Å². The summed E-state index contributed by atoms with van der Waals surface area (Å²) >= 11 is 5.87. The number of nitrogens with zero attached hydrogens (tertiary/aromatic N) is 1. The minimum atomic E-state index is -0.200. The molecule has 1 aliphatic rings. The minimum Gasteiger partial charge on any atom is -0.488 e. The first-order valence-corrected chi connectivity index (χ1v) is 9.72. The zero-order valence-electron chi connectivity index (χ0n) is 16.1. The number of quaternary nitrogens is 1. The van der Waals surface area contributed by atoms with E-state index < -0.39 is 0 Å². The molecule has 2 aromatic rings. The van der Waals surface area contributed by atoms with Crippen LogP contribution in [0.2, 0.25) is 5.02 Å². The van der Waals surface area contributed by atoms with Gasteiger partial charge in [-0.25, -0.2) is 0 Å². The van der Waals surface area contributed by atoms with Crippen LogP contribution in [0.1, 0.15) is 13.3 Å². The average molecular weight is 403 g/mol. The number of ether oxygens (including phenoxy) is 1. The van der Waals surface area contributed by atoms with Gasteiger partial charge in [-0.2, -0.15) is 0 Å². The number of hydrogen-bond donors (Lipinski definition) is 2. The van der Waals surface area contributed by atoms with E-state index in [9.17, 15) is 9.59 Å². The molecule has 1 unspecified atom stereocenters. The molecule has 0 saturated carbocycles. The Morgan fingerprint density at radius 1 is 1.25 bits per heavy atom. The molecule has 28 heavy (non-hydrogen) atoms. The van der Waals surface area contributed by atoms with E-state index in [1.807, 2.05) is 50.4 Å². The maximum Gasteiger partial charge on any atom is 0.282 e. The number of rotatable bonds is 6. The Hall–Kier alpha value is -2.57.